The standard InChI is InChI=1S/C12H12BrClN2O2S2/c1-16(2)11-9(14)4-3-5-10(11)15-20(17,18)12-8(13)6-7-19-12/h3-7,15H,1-2H3. The van der Waals surface area contributed by atoms with E-state index in [9.17, 15) is 8.42 Å². The highest BCUT2D eigenvalue weighted by Crippen LogP contribution is 2.35. The average Bonchev–Trinajstić information content (AvgIpc) is 2.75. The Morgan fingerprint density at radius 2 is 2.00 bits per heavy atom. The Labute approximate surface area is 135 Å². The number of rotatable bonds is 4. The van der Waals surface area contributed by atoms with E-state index in [0.29, 0.717) is 20.9 Å². The number of thiophene rings is 1. The minimum atomic E-state index is -3.64. The lowest BCUT2D eigenvalue weighted by molar-refractivity contribution is 0.603. The van der Waals surface area contributed by atoms with Gasteiger partial charge >= 0.3 is 0 Å². The van der Waals surface area contributed by atoms with E-state index in [0.717, 1.165) is 11.3 Å². The summed E-state index contributed by atoms with van der Waals surface area (Å²) in [7, 11) is -0.0259. The molecule has 0 fully saturated rings. The van der Waals surface area contributed by atoms with Crippen molar-refractivity contribution in [3.8, 4) is 0 Å². The number of nitrogens with zero attached hydrogens (tertiary/aromatic N) is 1. The van der Waals surface area contributed by atoms with E-state index in [1.165, 1.54) is 0 Å². The molecule has 1 N–H and O–H groups in total. The summed E-state index contributed by atoms with van der Waals surface area (Å²) in [6.45, 7) is 0. The van der Waals surface area contributed by atoms with Crippen LogP contribution in [0.1, 0.15) is 0 Å². The Hall–Kier alpha value is -0.760. The van der Waals surface area contributed by atoms with E-state index >= 15 is 0 Å². The highest BCUT2D eigenvalue weighted by Gasteiger charge is 2.21. The number of nitrogens with one attached hydrogen (secondary N) is 1. The molecule has 8 heteroatoms. The normalized spacial score (nSPS) is 11.4. The first-order chi connectivity index (χ1) is 9.33. The first-order valence-electron chi connectivity index (χ1n) is 5.54. The number of hydrogen-bond acceptors (Lipinski definition) is 4. The molecule has 0 radical (unpaired) electrons. The first-order valence-corrected chi connectivity index (χ1v) is 9.08. The SMILES string of the molecule is CN(C)c1c(Cl)cccc1NS(=O)(=O)c1sccc1Br. The maximum Gasteiger partial charge on any atom is 0.272 e. The van der Waals surface area contributed by atoms with Crippen molar-refractivity contribution < 1.29 is 8.42 Å². The van der Waals surface area contributed by atoms with E-state index in [1.807, 2.05) is 0 Å². The summed E-state index contributed by atoms with van der Waals surface area (Å²) < 4.78 is 28.1. The molecule has 0 unspecified atom stereocenters. The van der Waals surface area contributed by atoms with Gasteiger partial charge in [-0.25, -0.2) is 8.42 Å². The fourth-order valence-electron chi connectivity index (χ4n) is 1.71. The monoisotopic (exact) mass is 394 g/mol. The lowest BCUT2D eigenvalue weighted by atomic mass is 10.2. The Balaban J connectivity index is 2.46. The molecule has 1 aromatic heterocycles. The molecular weight excluding hydrogens is 384 g/mol. The second kappa shape index (κ2) is 5.93. The average molecular weight is 396 g/mol. The van der Waals surface area contributed by atoms with Crippen LogP contribution in [0.15, 0.2) is 38.3 Å². The highest BCUT2D eigenvalue weighted by atomic mass is 79.9. The topological polar surface area (TPSA) is 49.4 Å². The molecule has 0 bridgehead atoms. The van der Waals surface area contributed by atoms with Crippen LogP contribution in [0.5, 0.6) is 0 Å². The van der Waals surface area contributed by atoms with Gasteiger partial charge in [0.25, 0.3) is 10.0 Å². The predicted octanol–water partition coefficient (Wildman–Crippen LogP) is 4.03. The Kier molecular flexibility index (Phi) is 4.63. The summed E-state index contributed by atoms with van der Waals surface area (Å²) in [6, 6.07) is 6.80. The van der Waals surface area contributed by atoms with Crippen molar-refractivity contribution in [3.05, 3.63) is 39.1 Å². The molecule has 2 rings (SSSR count). The number of halogens is 2. The molecule has 0 saturated carbocycles. The maximum absolute atomic E-state index is 12.4. The third-order valence-electron chi connectivity index (χ3n) is 2.51. The first kappa shape index (κ1) is 15.6. The lowest BCUT2D eigenvalue weighted by Crippen LogP contribution is -2.17. The zero-order valence-corrected chi connectivity index (χ0v) is 14.7. The lowest BCUT2D eigenvalue weighted by Gasteiger charge is -2.19. The van der Waals surface area contributed by atoms with Gasteiger partial charge in [-0.2, -0.15) is 0 Å². The van der Waals surface area contributed by atoms with Crippen LogP contribution < -0.4 is 9.62 Å². The van der Waals surface area contributed by atoms with Gasteiger partial charge in [-0.1, -0.05) is 17.7 Å². The summed E-state index contributed by atoms with van der Waals surface area (Å²) in [5.74, 6) is 0. The molecule has 20 heavy (non-hydrogen) atoms. The number of hydrogen-bond donors (Lipinski definition) is 1. The fourth-order valence-corrected chi connectivity index (χ4v) is 5.46. The van der Waals surface area contributed by atoms with Crippen molar-refractivity contribution >= 4 is 60.3 Å². The van der Waals surface area contributed by atoms with Crippen LogP contribution in [0.2, 0.25) is 5.02 Å². The third-order valence-corrected chi connectivity index (χ3v) is 6.85. The van der Waals surface area contributed by atoms with Gasteiger partial charge in [-0.3, -0.25) is 4.72 Å². The zero-order valence-electron chi connectivity index (χ0n) is 10.7. The highest BCUT2D eigenvalue weighted by molar-refractivity contribution is 9.10. The van der Waals surface area contributed by atoms with Gasteiger partial charge in [0.15, 0.2) is 4.21 Å². The van der Waals surface area contributed by atoms with Gasteiger partial charge in [0.2, 0.25) is 0 Å². The summed E-state index contributed by atoms with van der Waals surface area (Å²) in [6.07, 6.45) is 0. The van der Waals surface area contributed by atoms with Gasteiger partial charge in [0.1, 0.15) is 0 Å². The van der Waals surface area contributed by atoms with E-state index in [4.69, 9.17) is 11.6 Å². The van der Waals surface area contributed by atoms with Crippen molar-refractivity contribution in [2.75, 3.05) is 23.7 Å². The number of anilines is 2. The number of sulfonamides is 1. The van der Waals surface area contributed by atoms with Gasteiger partial charge in [0, 0.05) is 18.6 Å². The molecule has 4 nitrogen and oxygen atoms in total. The molecule has 0 aliphatic carbocycles. The Morgan fingerprint density at radius 3 is 2.55 bits per heavy atom. The van der Waals surface area contributed by atoms with Gasteiger partial charge in [-0.05, 0) is 39.5 Å². The minimum Gasteiger partial charge on any atom is -0.375 e. The molecule has 1 aromatic carbocycles. The largest absolute Gasteiger partial charge is 0.375 e. The predicted molar refractivity (Wildman–Crippen MR) is 88.6 cm³/mol. The molecule has 0 spiro atoms. The van der Waals surface area contributed by atoms with Crippen molar-refractivity contribution in [2.45, 2.75) is 4.21 Å². The summed E-state index contributed by atoms with van der Waals surface area (Å²) >= 11 is 10.5. The number of para-hydroxylation sites is 1. The molecule has 0 aliphatic heterocycles. The maximum atomic E-state index is 12.4. The van der Waals surface area contributed by atoms with Crippen molar-refractivity contribution in [1.29, 1.82) is 0 Å². The molecular formula is C12H12BrClN2O2S2. The van der Waals surface area contributed by atoms with Crippen molar-refractivity contribution in [3.63, 3.8) is 0 Å². The van der Waals surface area contributed by atoms with E-state index < -0.39 is 10.0 Å². The van der Waals surface area contributed by atoms with Crippen LogP contribution in [-0.4, -0.2) is 22.5 Å². The Morgan fingerprint density at radius 1 is 1.30 bits per heavy atom. The molecule has 108 valence electrons. The summed E-state index contributed by atoms with van der Waals surface area (Å²) in [5, 5.41) is 2.20. The van der Waals surface area contributed by atoms with Crippen molar-refractivity contribution in [2.24, 2.45) is 0 Å². The summed E-state index contributed by atoms with van der Waals surface area (Å²) in [4.78, 5) is 1.77. The van der Waals surface area contributed by atoms with E-state index in [2.05, 4.69) is 20.7 Å². The van der Waals surface area contributed by atoms with Gasteiger partial charge < -0.3 is 4.90 Å². The van der Waals surface area contributed by atoms with Crippen molar-refractivity contribution in [1.82, 2.24) is 0 Å². The Bertz CT molecular complexity index is 729. The van der Waals surface area contributed by atoms with Crippen LogP contribution in [0.25, 0.3) is 0 Å². The second-order valence-electron chi connectivity index (χ2n) is 4.19. The van der Waals surface area contributed by atoms with Crippen LogP contribution in [0.3, 0.4) is 0 Å². The fraction of sp³-hybridized carbons (Fsp3) is 0.167. The summed E-state index contributed by atoms with van der Waals surface area (Å²) in [5.41, 5.74) is 1.08. The van der Waals surface area contributed by atoms with Crippen LogP contribution in [-0.2, 0) is 10.0 Å². The zero-order chi connectivity index (χ0) is 14.9. The molecule has 0 atom stereocenters. The van der Waals surface area contributed by atoms with E-state index in [1.54, 1.807) is 48.6 Å². The molecule has 2 aromatic rings. The third kappa shape index (κ3) is 3.11. The van der Waals surface area contributed by atoms with Crippen LogP contribution in [0.4, 0.5) is 11.4 Å². The number of benzene rings is 1. The van der Waals surface area contributed by atoms with Gasteiger partial charge in [0.05, 0.1) is 16.4 Å². The van der Waals surface area contributed by atoms with Crippen LogP contribution >= 0.6 is 38.9 Å². The molecule has 0 aliphatic rings. The molecule has 0 saturated heterocycles. The molecule has 0 amide bonds. The van der Waals surface area contributed by atoms with Crippen LogP contribution in [0, 0.1) is 0 Å². The van der Waals surface area contributed by atoms with E-state index in [-0.39, 0.29) is 4.21 Å². The molecule has 1 heterocycles. The van der Waals surface area contributed by atoms with Gasteiger partial charge in [-0.15, -0.1) is 11.3 Å². The smallest absolute Gasteiger partial charge is 0.272 e. The minimum absolute atomic E-state index is 0.238. The quantitative estimate of drug-likeness (QED) is 0.850. The second-order valence-corrected chi connectivity index (χ2v) is 8.25.